The van der Waals surface area contributed by atoms with Crippen LogP contribution in [0.2, 0.25) is 0 Å². The highest BCUT2D eigenvalue weighted by Gasteiger charge is 2.17. The smallest absolute Gasteiger partial charge is 0.321 e. The van der Waals surface area contributed by atoms with Gasteiger partial charge in [0.2, 0.25) is 0 Å². The maximum Gasteiger partial charge on any atom is 0.321 e. The maximum atomic E-state index is 12.0. The van der Waals surface area contributed by atoms with Gasteiger partial charge >= 0.3 is 6.03 Å². The molecule has 1 N–H and O–H groups in total. The van der Waals surface area contributed by atoms with Gasteiger partial charge in [0.1, 0.15) is 5.75 Å². The second kappa shape index (κ2) is 5.58. The highest BCUT2D eigenvalue weighted by Crippen LogP contribution is 2.17. The molecule has 4 heteroatoms. The third-order valence-electron chi connectivity index (χ3n) is 3.10. The molecule has 2 rings (SSSR count). The zero-order valence-corrected chi connectivity index (χ0v) is 10.6. The number of ether oxygens (including phenoxy) is 1. The summed E-state index contributed by atoms with van der Waals surface area (Å²) in [4.78, 5) is 13.8. The van der Waals surface area contributed by atoms with Crippen LogP contribution >= 0.6 is 0 Å². The summed E-state index contributed by atoms with van der Waals surface area (Å²) in [5.74, 6) is 0.780. The van der Waals surface area contributed by atoms with E-state index >= 15 is 0 Å². The highest BCUT2D eigenvalue weighted by atomic mass is 16.5. The number of methoxy groups -OCH3 is 1. The minimum atomic E-state index is -0.0485. The van der Waals surface area contributed by atoms with Crippen molar-refractivity contribution in [1.82, 2.24) is 4.90 Å². The molecular formula is C14H18N2O2. The van der Waals surface area contributed by atoms with Crippen LogP contribution in [0.15, 0.2) is 36.4 Å². The third-order valence-corrected chi connectivity index (χ3v) is 3.10. The number of nitrogens with one attached hydrogen (secondary N) is 1. The van der Waals surface area contributed by atoms with Crippen molar-refractivity contribution in [3.8, 4) is 5.75 Å². The van der Waals surface area contributed by atoms with Crippen molar-refractivity contribution in [3.63, 3.8) is 0 Å². The summed E-state index contributed by atoms with van der Waals surface area (Å²) >= 11 is 0. The molecule has 1 saturated heterocycles. The summed E-state index contributed by atoms with van der Waals surface area (Å²) < 4.78 is 5.07. The zero-order valence-electron chi connectivity index (χ0n) is 10.6. The summed E-state index contributed by atoms with van der Waals surface area (Å²) in [6.07, 6.45) is 1.80. The van der Waals surface area contributed by atoms with E-state index in [0.29, 0.717) is 0 Å². The quantitative estimate of drug-likeness (QED) is 0.815. The van der Waals surface area contributed by atoms with Crippen LogP contribution in [-0.4, -0.2) is 31.1 Å². The van der Waals surface area contributed by atoms with Gasteiger partial charge in [0.15, 0.2) is 0 Å². The number of hydrogen-bond donors (Lipinski definition) is 1. The largest absolute Gasteiger partial charge is 0.497 e. The fourth-order valence-corrected chi connectivity index (χ4v) is 1.90. The van der Waals surface area contributed by atoms with Gasteiger partial charge in [-0.25, -0.2) is 4.79 Å². The van der Waals surface area contributed by atoms with Gasteiger partial charge in [0, 0.05) is 18.8 Å². The molecule has 1 aromatic carbocycles. The number of urea groups is 1. The Morgan fingerprint density at radius 1 is 1.28 bits per heavy atom. The van der Waals surface area contributed by atoms with E-state index in [1.807, 2.05) is 29.2 Å². The predicted octanol–water partition coefficient (Wildman–Crippen LogP) is 2.88. The molecule has 0 unspecified atom stereocenters. The molecule has 0 aromatic heterocycles. The molecule has 1 aliphatic rings. The minimum absolute atomic E-state index is 0.0485. The molecule has 0 aliphatic carbocycles. The Labute approximate surface area is 107 Å². The predicted molar refractivity (Wildman–Crippen MR) is 72.0 cm³/mol. The first-order chi connectivity index (χ1) is 8.69. The van der Waals surface area contributed by atoms with E-state index in [1.54, 1.807) is 7.11 Å². The molecule has 1 heterocycles. The van der Waals surface area contributed by atoms with Crippen molar-refractivity contribution >= 4 is 11.7 Å². The Morgan fingerprint density at radius 3 is 2.44 bits per heavy atom. The Morgan fingerprint density at radius 2 is 1.89 bits per heavy atom. The van der Waals surface area contributed by atoms with E-state index in [9.17, 15) is 4.79 Å². The van der Waals surface area contributed by atoms with Gasteiger partial charge in [-0.2, -0.15) is 0 Å². The fraction of sp³-hybridized carbons (Fsp3) is 0.357. The molecule has 96 valence electrons. The van der Waals surface area contributed by atoms with E-state index in [2.05, 4.69) is 11.9 Å². The molecule has 0 saturated carbocycles. The summed E-state index contributed by atoms with van der Waals surface area (Å²) in [7, 11) is 1.62. The van der Waals surface area contributed by atoms with Crippen LogP contribution in [0, 0.1) is 0 Å². The number of anilines is 1. The maximum absolute atomic E-state index is 12.0. The number of carbonyl (C=O) groups is 1. The van der Waals surface area contributed by atoms with Crippen molar-refractivity contribution < 1.29 is 9.53 Å². The van der Waals surface area contributed by atoms with Crippen LogP contribution in [0.4, 0.5) is 10.5 Å². The van der Waals surface area contributed by atoms with Gasteiger partial charge in [0.05, 0.1) is 7.11 Å². The summed E-state index contributed by atoms with van der Waals surface area (Å²) in [5, 5.41) is 2.88. The fourth-order valence-electron chi connectivity index (χ4n) is 1.90. The van der Waals surface area contributed by atoms with Gasteiger partial charge in [-0.05, 0) is 37.1 Å². The zero-order chi connectivity index (χ0) is 13.0. The highest BCUT2D eigenvalue weighted by molar-refractivity contribution is 5.89. The van der Waals surface area contributed by atoms with E-state index in [4.69, 9.17) is 4.74 Å². The molecule has 1 fully saturated rings. The SMILES string of the molecule is C=C1CCN(C(=O)Nc2ccc(OC)cc2)CC1. The second-order valence-corrected chi connectivity index (χ2v) is 4.40. The average Bonchev–Trinajstić information content (AvgIpc) is 2.40. The number of carbonyl (C=O) groups excluding carboxylic acids is 1. The number of hydrogen-bond acceptors (Lipinski definition) is 2. The van der Waals surface area contributed by atoms with Gasteiger partial charge in [-0.15, -0.1) is 0 Å². The van der Waals surface area contributed by atoms with Gasteiger partial charge in [0.25, 0.3) is 0 Å². The van der Waals surface area contributed by atoms with E-state index in [1.165, 1.54) is 5.57 Å². The molecule has 0 radical (unpaired) electrons. The van der Waals surface area contributed by atoms with E-state index < -0.39 is 0 Å². The lowest BCUT2D eigenvalue weighted by atomic mass is 10.1. The number of benzene rings is 1. The standard InChI is InChI=1S/C14H18N2O2/c1-11-7-9-16(10-8-11)14(17)15-12-3-5-13(18-2)6-4-12/h3-6H,1,7-10H2,2H3,(H,15,17). The Kier molecular flexibility index (Phi) is 3.87. The van der Waals surface area contributed by atoms with Crippen LogP contribution in [0.1, 0.15) is 12.8 Å². The summed E-state index contributed by atoms with van der Waals surface area (Å²) in [6, 6.07) is 7.27. The Bertz CT molecular complexity index is 430. The molecule has 4 nitrogen and oxygen atoms in total. The van der Waals surface area contributed by atoms with Crippen LogP contribution in [-0.2, 0) is 0 Å². The molecule has 0 bridgehead atoms. The Hall–Kier alpha value is -1.97. The summed E-state index contributed by atoms with van der Waals surface area (Å²) in [6.45, 7) is 5.44. The van der Waals surface area contributed by atoms with Gasteiger partial charge in [-0.3, -0.25) is 0 Å². The van der Waals surface area contributed by atoms with Crippen molar-refractivity contribution in [3.05, 3.63) is 36.4 Å². The Balaban J connectivity index is 1.92. The lowest BCUT2D eigenvalue weighted by Gasteiger charge is -2.28. The van der Waals surface area contributed by atoms with E-state index in [0.717, 1.165) is 37.4 Å². The molecule has 2 amide bonds. The number of piperidine rings is 1. The molecule has 1 aliphatic heterocycles. The first kappa shape index (κ1) is 12.5. The first-order valence-electron chi connectivity index (χ1n) is 6.05. The third kappa shape index (κ3) is 3.03. The molecule has 0 spiro atoms. The lowest BCUT2D eigenvalue weighted by molar-refractivity contribution is 0.207. The van der Waals surface area contributed by atoms with Gasteiger partial charge in [-0.1, -0.05) is 12.2 Å². The van der Waals surface area contributed by atoms with Gasteiger partial charge < -0.3 is 15.0 Å². The van der Waals surface area contributed by atoms with Crippen molar-refractivity contribution in [1.29, 1.82) is 0 Å². The summed E-state index contributed by atoms with van der Waals surface area (Å²) in [5.41, 5.74) is 2.01. The first-order valence-corrected chi connectivity index (χ1v) is 6.05. The van der Waals surface area contributed by atoms with Crippen molar-refractivity contribution in [2.45, 2.75) is 12.8 Å². The monoisotopic (exact) mass is 246 g/mol. The van der Waals surface area contributed by atoms with E-state index in [-0.39, 0.29) is 6.03 Å². The molecule has 18 heavy (non-hydrogen) atoms. The number of amides is 2. The minimum Gasteiger partial charge on any atom is -0.497 e. The van der Waals surface area contributed by atoms with Crippen molar-refractivity contribution in [2.24, 2.45) is 0 Å². The average molecular weight is 246 g/mol. The lowest BCUT2D eigenvalue weighted by Crippen LogP contribution is -2.39. The number of rotatable bonds is 2. The topological polar surface area (TPSA) is 41.6 Å². The second-order valence-electron chi connectivity index (χ2n) is 4.40. The van der Waals surface area contributed by atoms with Crippen LogP contribution < -0.4 is 10.1 Å². The van der Waals surface area contributed by atoms with Crippen LogP contribution in [0.25, 0.3) is 0 Å². The molecule has 1 aromatic rings. The van der Waals surface area contributed by atoms with Crippen LogP contribution in [0.5, 0.6) is 5.75 Å². The number of nitrogens with zero attached hydrogens (tertiary/aromatic N) is 1. The normalized spacial score (nSPS) is 15.4. The molecule has 0 atom stereocenters. The molecular weight excluding hydrogens is 228 g/mol. The van der Waals surface area contributed by atoms with Crippen molar-refractivity contribution in [2.75, 3.05) is 25.5 Å². The number of likely N-dealkylation sites (tertiary alicyclic amines) is 1. The van der Waals surface area contributed by atoms with Crippen LogP contribution in [0.3, 0.4) is 0 Å².